The third-order valence-corrected chi connectivity index (χ3v) is 2.69. The van der Waals surface area contributed by atoms with Crippen molar-refractivity contribution in [3.05, 3.63) is 48.0 Å². The zero-order valence-electron chi connectivity index (χ0n) is 11.1. The monoisotopic (exact) mass is 259 g/mol. The molecule has 5 nitrogen and oxygen atoms in total. The van der Waals surface area contributed by atoms with Crippen molar-refractivity contribution in [3.8, 4) is 5.69 Å². The molecule has 0 aliphatic heterocycles. The molecule has 1 heterocycles. The van der Waals surface area contributed by atoms with E-state index in [4.69, 9.17) is 4.74 Å². The van der Waals surface area contributed by atoms with E-state index in [2.05, 4.69) is 10.3 Å². The van der Waals surface area contributed by atoms with E-state index in [1.807, 2.05) is 31.3 Å². The third-order valence-electron chi connectivity index (χ3n) is 2.69. The molecular weight excluding hydrogens is 242 g/mol. The van der Waals surface area contributed by atoms with Gasteiger partial charge >= 0.3 is 5.97 Å². The highest BCUT2D eigenvalue weighted by Gasteiger charge is 2.13. The molecular formula is C14H17N3O2. The van der Waals surface area contributed by atoms with Gasteiger partial charge in [0.2, 0.25) is 0 Å². The van der Waals surface area contributed by atoms with Gasteiger partial charge in [-0.05, 0) is 31.7 Å². The van der Waals surface area contributed by atoms with Crippen LogP contribution < -0.4 is 5.32 Å². The van der Waals surface area contributed by atoms with Crippen molar-refractivity contribution >= 4 is 5.97 Å². The topological polar surface area (TPSA) is 56.1 Å². The van der Waals surface area contributed by atoms with Crippen molar-refractivity contribution in [2.24, 2.45) is 0 Å². The molecule has 0 saturated carbocycles. The van der Waals surface area contributed by atoms with Crippen molar-refractivity contribution in [1.82, 2.24) is 14.9 Å². The van der Waals surface area contributed by atoms with E-state index in [0.717, 1.165) is 17.8 Å². The van der Waals surface area contributed by atoms with Crippen LogP contribution in [0.4, 0.5) is 0 Å². The molecule has 2 aromatic rings. The van der Waals surface area contributed by atoms with E-state index in [0.29, 0.717) is 12.3 Å². The number of nitrogens with one attached hydrogen (secondary N) is 1. The highest BCUT2D eigenvalue weighted by atomic mass is 16.5. The van der Waals surface area contributed by atoms with Crippen LogP contribution in [0.5, 0.6) is 0 Å². The number of imidazole rings is 1. The van der Waals surface area contributed by atoms with Gasteiger partial charge in [0, 0.05) is 12.2 Å². The maximum Gasteiger partial charge on any atom is 0.356 e. The van der Waals surface area contributed by atoms with Gasteiger partial charge in [0.15, 0.2) is 5.69 Å². The fraction of sp³-hybridized carbons (Fsp3) is 0.286. The zero-order chi connectivity index (χ0) is 13.7. The van der Waals surface area contributed by atoms with E-state index in [9.17, 15) is 4.79 Å². The molecule has 0 bridgehead atoms. The summed E-state index contributed by atoms with van der Waals surface area (Å²) in [7, 11) is 1.90. The smallest absolute Gasteiger partial charge is 0.356 e. The van der Waals surface area contributed by atoms with E-state index < -0.39 is 0 Å². The van der Waals surface area contributed by atoms with Crippen LogP contribution in [0.15, 0.2) is 36.8 Å². The lowest BCUT2D eigenvalue weighted by atomic mass is 10.2. The Morgan fingerprint density at radius 1 is 1.47 bits per heavy atom. The molecule has 1 aromatic carbocycles. The standard InChI is InChI=1S/C14H17N3O2/c1-3-19-14(18)13-9-16-10-17(13)12-6-4-5-11(7-12)8-15-2/h4-7,9-10,15H,3,8H2,1-2H3. The molecule has 0 radical (unpaired) electrons. The number of nitrogens with zero attached hydrogens (tertiary/aromatic N) is 2. The average Bonchev–Trinajstić information content (AvgIpc) is 2.89. The Morgan fingerprint density at radius 3 is 3.05 bits per heavy atom. The normalized spacial score (nSPS) is 10.4. The number of benzene rings is 1. The lowest BCUT2D eigenvalue weighted by Crippen LogP contribution is -2.11. The molecule has 100 valence electrons. The zero-order valence-corrected chi connectivity index (χ0v) is 11.1. The number of rotatable bonds is 5. The fourth-order valence-electron chi connectivity index (χ4n) is 1.88. The molecule has 5 heteroatoms. The first kappa shape index (κ1) is 13.3. The maximum absolute atomic E-state index is 11.8. The van der Waals surface area contributed by atoms with E-state index >= 15 is 0 Å². The van der Waals surface area contributed by atoms with Crippen molar-refractivity contribution in [2.45, 2.75) is 13.5 Å². The van der Waals surface area contributed by atoms with Gasteiger partial charge in [-0.3, -0.25) is 4.57 Å². The van der Waals surface area contributed by atoms with Crippen molar-refractivity contribution in [2.75, 3.05) is 13.7 Å². The van der Waals surface area contributed by atoms with Crippen LogP contribution in [-0.2, 0) is 11.3 Å². The van der Waals surface area contributed by atoms with Gasteiger partial charge in [0.05, 0.1) is 19.1 Å². The van der Waals surface area contributed by atoms with E-state index in [1.54, 1.807) is 17.8 Å². The predicted octanol–water partition coefficient (Wildman–Crippen LogP) is 1.77. The predicted molar refractivity (Wildman–Crippen MR) is 72.3 cm³/mol. The van der Waals surface area contributed by atoms with E-state index in [-0.39, 0.29) is 5.97 Å². The Morgan fingerprint density at radius 2 is 2.32 bits per heavy atom. The molecule has 1 aromatic heterocycles. The Kier molecular flexibility index (Phi) is 4.30. The molecule has 0 unspecified atom stereocenters. The highest BCUT2D eigenvalue weighted by molar-refractivity contribution is 5.88. The van der Waals surface area contributed by atoms with Crippen LogP contribution >= 0.6 is 0 Å². The van der Waals surface area contributed by atoms with Gasteiger partial charge in [0.25, 0.3) is 0 Å². The number of aromatic nitrogens is 2. The number of carbonyl (C=O) groups excluding carboxylic acids is 1. The molecule has 0 amide bonds. The van der Waals surface area contributed by atoms with Gasteiger partial charge < -0.3 is 10.1 Å². The van der Waals surface area contributed by atoms with Crippen LogP contribution in [0.25, 0.3) is 5.69 Å². The van der Waals surface area contributed by atoms with Crippen molar-refractivity contribution in [1.29, 1.82) is 0 Å². The van der Waals surface area contributed by atoms with Crippen LogP contribution in [0, 0.1) is 0 Å². The van der Waals surface area contributed by atoms with Gasteiger partial charge in [-0.2, -0.15) is 0 Å². The lowest BCUT2D eigenvalue weighted by Gasteiger charge is -2.09. The molecule has 0 spiro atoms. The first-order valence-electron chi connectivity index (χ1n) is 6.19. The SMILES string of the molecule is CCOC(=O)c1cncn1-c1cccc(CNC)c1. The number of ether oxygens (including phenoxy) is 1. The molecule has 0 aliphatic carbocycles. The fourth-order valence-corrected chi connectivity index (χ4v) is 1.88. The summed E-state index contributed by atoms with van der Waals surface area (Å²) in [5.74, 6) is -0.362. The van der Waals surface area contributed by atoms with Crippen LogP contribution in [0.1, 0.15) is 23.0 Å². The van der Waals surface area contributed by atoms with Crippen LogP contribution in [0.3, 0.4) is 0 Å². The average molecular weight is 259 g/mol. The van der Waals surface area contributed by atoms with Gasteiger partial charge in [0.1, 0.15) is 0 Å². The number of carbonyl (C=O) groups is 1. The molecule has 0 saturated heterocycles. The molecule has 0 fully saturated rings. The highest BCUT2D eigenvalue weighted by Crippen LogP contribution is 2.14. The minimum absolute atomic E-state index is 0.351. The molecule has 0 aliphatic rings. The summed E-state index contributed by atoms with van der Waals surface area (Å²) in [4.78, 5) is 15.8. The Balaban J connectivity index is 2.34. The summed E-state index contributed by atoms with van der Waals surface area (Å²) in [6, 6.07) is 7.93. The molecule has 1 N–H and O–H groups in total. The van der Waals surface area contributed by atoms with E-state index in [1.165, 1.54) is 6.20 Å². The summed E-state index contributed by atoms with van der Waals surface area (Å²) in [6.45, 7) is 2.91. The molecule has 19 heavy (non-hydrogen) atoms. The van der Waals surface area contributed by atoms with Crippen LogP contribution in [-0.4, -0.2) is 29.2 Å². The van der Waals surface area contributed by atoms with Crippen molar-refractivity contribution in [3.63, 3.8) is 0 Å². The molecule has 0 atom stereocenters. The summed E-state index contributed by atoms with van der Waals surface area (Å²) in [5, 5.41) is 3.10. The lowest BCUT2D eigenvalue weighted by molar-refractivity contribution is 0.0517. The number of hydrogen-bond acceptors (Lipinski definition) is 4. The van der Waals surface area contributed by atoms with Crippen molar-refractivity contribution < 1.29 is 9.53 Å². The molecule has 2 rings (SSSR count). The minimum atomic E-state index is -0.362. The number of esters is 1. The minimum Gasteiger partial charge on any atom is -0.461 e. The van der Waals surface area contributed by atoms with Gasteiger partial charge in [-0.1, -0.05) is 12.1 Å². The quantitative estimate of drug-likeness (QED) is 0.831. The maximum atomic E-state index is 11.8. The summed E-state index contributed by atoms with van der Waals surface area (Å²) in [6.07, 6.45) is 3.13. The van der Waals surface area contributed by atoms with Gasteiger partial charge in [-0.15, -0.1) is 0 Å². The second-order valence-electron chi connectivity index (χ2n) is 4.07. The number of hydrogen-bond donors (Lipinski definition) is 1. The second-order valence-corrected chi connectivity index (χ2v) is 4.07. The summed E-state index contributed by atoms with van der Waals surface area (Å²) < 4.78 is 6.75. The first-order chi connectivity index (χ1) is 9.26. The van der Waals surface area contributed by atoms with Gasteiger partial charge in [-0.25, -0.2) is 9.78 Å². The third kappa shape index (κ3) is 3.00. The first-order valence-corrected chi connectivity index (χ1v) is 6.19. The van der Waals surface area contributed by atoms with Crippen LogP contribution in [0.2, 0.25) is 0 Å². The summed E-state index contributed by atoms with van der Waals surface area (Å²) in [5.41, 5.74) is 2.47. The second kappa shape index (κ2) is 6.15. The Bertz CT molecular complexity index is 563. The Labute approximate surface area is 112 Å². The largest absolute Gasteiger partial charge is 0.461 e. The summed E-state index contributed by atoms with van der Waals surface area (Å²) >= 11 is 0. The Hall–Kier alpha value is -2.14.